The molecule has 7 heteroatoms. The van der Waals surface area contributed by atoms with Gasteiger partial charge in [-0.1, -0.05) is 5.16 Å². The van der Waals surface area contributed by atoms with Crippen molar-refractivity contribution in [2.24, 2.45) is 0 Å². The molecule has 0 fully saturated rings. The molecular weight excluding hydrogens is 250 g/mol. The highest BCUT2D eigenvalue weighted by Gasteiger charge is 2.27. The van der Waals surface area contributed by atoms with Crippen molar-refractivity contribution in [1.82, 2.24) is 15.5 Å². The molecule has 0 saturated heterocycles. The van der Waals surface area contributed by atoms with Crippen LogP contribution in [0.1, 0.15) is 51.2 Å². The van der Waals surface area contributed by atoms with Gasteiger partial charge in [0.2, 0.25) is 11.8 Å². The van der Waals surface area contributed by atoms with Crippen molar-refractivity contribution >= 4 is 11.9 Å². The summed E-state index contributed by atoms with van der Waals surface area (Å²) in [4.78, 5) is 26.2. The summed E-state index contributed by atoms with van der Waals surface area (Å²) in [6, 6.07) is 0. The molecular formula is C12H19N3O4. The molecule has 0 spiro atoms. The molecule has 1 aromatic rings. The molecule has 0 saturated carbocycles. The number of nitrogens with zero attached hydrogens (tertiary/aromatic N) is 2. The van der Waals surface area contributed by atoms with Gasteiger partial charge in [0.05, 0.1) is 5.54 Å². The summed E-state index contributed by atoms with van der Waals surface area (Å²) in [7, 11) is 0. The zero-order valence-corrected chi connectivity index (χ0v) is 11.4. The quantitative estimate of drug-likeness (QED) is 0.724. The van der Waals surface area contributed by atoms with Crippen LogP contribution in [-0.4, -0.2) is 27.1 Å². The number of amides is 1. The van der Waals surface area contributed by atoms with Crippen LogP contribution in [0, 0.1) is 6.92 Å². The van der Waals surface area contributed by atoms with E-state index < -0.39 is 11.5 Å². The van der Waals surface area contributed by atoms with Crippen molar-refractivity contribution in [2.75, 3.05) is 0 Å². The van der Waals surface area contributed by atoms with Crippen LogP contribution in [0.5, 0.6) is 0 Å². The number of aromatic nitrogens is 2. The molecule has 1 heterocycles. The number of carbonyl (C=O) groups is 2. The third-order valence-electron chi connectivity index (χ3n) is 2.58. The summed E-state index contributed by atoms with van der Waals surface area (Å²) < 4.78 is 4.88. The van der Waals surface area contributed by atoms with Crippen molar-refractivity contribution in [3.05, 3.63) is 11.7 Å². The molecule has 1 amide bonds. The van der Waals surface area contributed by atoms with E-state index >= 15 is 0 Å². The fourth-order valence-electron chi connectivity index (χ4n) is 1.58. The fourth-order valence-corrected chi connectivity index (χ4v) is 1.58. The van der Waals surface area contributed by atoms with Crippen LogP contribution >= 0.6 is 0 Å². The lowest BCUT2D eigenvalue weighted by Gasteiger charge is -2.22. The Kier molecular flexibility index (Phi) is 5.02. The van der Waals surface area contributed by atoms with E-state index in [-0.39, 0.29) is 18.7 Å². The second-order valence-corrected chi connectivity index (χ2v) is 4.91. The standard InChI is InChI=1S/C12H19N3O4/c1-8-13-11(15-19-8)12(2,3)14-9(16)6-4-5-7-10(17)18/h4-7H2,1-3H3,(H,14,16)(H,17,18). The van der Waals surface area contributed by atoms with Gasteiger partial charge in [-0.2, -0.15) is 4.98 Å². The number of hydrogen-bond donors (Lipinski definition) is 2. The summed E-state index contributed by atoms with van der Waals surface area (Å²) in [5, 5.41) is 15.1. The van der Waals surface area contributed by atoms with E-state index in [1.165, 1.54) is 0 Å². The van der Waals surface area contributed by atoms with E-state index in [4.69, 9.17) is 9.63 Å². The average Bonchev–Trinajstić information content (AvgIpc) is 2.71. The van der Waals surface area contributed by atoms with E-state index in [9.17, 15) is 9.59 Å². The molecule has 0 radical (unpaired) electrons. The van der Waals surface area contributed by atoms with Crippen molar-refractivity contribution < 1.29 is 19.2 Å². The Morgan fingerprint density at radius 2 is 1.95 bits per heavy atom. The molecule has 0 aliphatic carbocycles. The number of hydrogen-bond acceptors (Lipinski definition) is 5. The summed E-state index contributed by atoms with van der Waals surface area (Å²) in [5.74, 6) is -0.136. The lowest BCUT2D eigenvalue weighted by atomic mass is 10.0. The van der Waals surface area contributed by atoms with Crippen molar-refractivity contribution in [2.45, 2.75) is 52.0 Å². The highest BCUT2D eigenvalue weighted by Crippen LogP contribution is 2.16. The number of nitrogens with one attached hydrogen (secondary N) is 1. The summed E-state index contributed by atoms with van der Waals surface area (Å²) in [5.41, 5.74) is -0.707. The maximum absolute atomic E-state index is 11.7. The first kappa shape index (κ1) is 15.1. The Morgan fingerprint density at radius 1 is 1.32 bits per heavy atom. The summed E-state index contributed by atoms with van der Waals surface area (Å²) in [6.45, 7) is 5.25. The number of carboxylic acids is 1. The highest BCUT2D eigenvalue weighted by atomic mass is 16.5. The zero-order valence-electron chi connectivity index (χ0n) is 11.4. The van der Waals surface area contributed by atoms with E-state index in [0.717, 1.165) is 0 Å². The molecule has 0 aliphatic rings. The second-order valence-electron chi connectivity index (χ2n) is 4.91. The molecule has 7 nitrogen and oxygen atoms in total. The fraction of sp³-hybridized carbons (Fsp3) is 0.667. The van der Waals surface area contributed by atoms with Crippen LogP contribution in [0.15, 0.2) is 4.52 Å². The first-order valence-electron chi connectivity index (χ1n) is 6.15. The molecule has 19 heavy (non-hydrogen) atoms. The first-order valence-corrected chi connectivity index (χ1v) is 6.15. The van der Waals surface area contributed by atoms with Gasteiger partial charge in [0.25, 0.3) is 0 Å². The van der Waals surface area contributed by atoms with Gasteiger partial charge in [-0.05, 0) is 26.7 Å². The minimum Gasteiger partial charge on any atom is -0.481 e. The predicted octanol–water partition coefficient (Wildman–Crippen LogP) is 1.37. The number of rotatable bonds is 7. The molecule has 0 aliphatic heterocycles. The Balaban J connectivity index is 2.40. The number of carbonyl (C=O) groups excluding carboxylic acids is 1. The third-order valence-corrected chi connectivity index (χ3v) is 2.58. The van der Waals surface area contributed by atoms with Crippen molar-refractivity contribution in [3.63, 3.8) is 0 Å². The summed E-state index contributed by atoms with van der Waals surface area (Å²) >= 11 is 0. The largest absolute Gasteiger partial charge is 0.481 e. The minimum atomic E-state index is -0.844. The smallest absolute Gasteiger partial charge is 0.303 e. The number of carboxylic acid groups (broad SMARTS) is 1. The zero-order chi connectivity index (χ0) is 14.5. The van der Waals surface area contributed by atoms with Gasteiger partial charge in [-0.3, -0.25) is 9.59 Å². The maximum atomic E-state index is 11.7. The normalized spacial score (nSPS) is 11.3. The summed E-state index contributed by atoms with van der Waals surface area (Å²) in [6.07, 6.45) is 1.40. The monoisotopic (exact) mass is 269 g/mol. The molecule has 0 bridgehead atoms. The SMILES string of the molecule is Cc1nc(C(C)(C)NC(=O)CCCCC(=O)O)no1. The van der Waals surface area contributed by atoms with Crippen LogP contribution in [0.25, 0.3) is 0 Å². The van der Waals surface area contributed by atoms with Gasteiger partial charge in [0, 0.05) is 19.8 Å². The van der Waals surface area contributed by atoms with Crippen LogP contribution < -0.4 is 5.32 Å². The molecule has 1 rings (SSSR count). The van der Waals surface area contributed by atoms with Gasteiger partial charge in [-0.15, -0.1) is 0 Å². The Hall–Kier alpha value is -1.92. The molecule has 0 aromatic carbocycles. The van der Waals surface area contributed by atoms with E-state index in [1.54, 1.807) is 20.8 Å². The maximum Gasteiger partial charge on any atom is 0.303 e. The lowest BCUT2D eigenvalue weighted by molar-refractivity contribution is -0.137. The molecule has 106 valence electrons. The van der Waals surface area contributed by atoms with Crippen LogP contribution in [-0.2, 0) is 15.1 Å². The molecule has 0 unspecified atom stereocenters. The minimum absolute atomic E-state index is 0.0840. The molecule has 0 atom stereocenters. The lowest BCUT2D eigenvalue weighted by Crippen LogP contribution is -2.41. The average molecular weight is 269 g/mol. The van der Waals surface area contributed by atoms with Crippen LogP contribution in [0.3, 0.4) is 0 Å². The topological polar surface area (TPSA) is 105 Å². The van der Waals surface area contributed by atoms with Gasteiger partial charge >= 0.3 is 5.97 Å². The van der Waals surface area contributed by atoms with E-state index in [0.29, 0.717) is 24.6 Å². The number of unbranched alkanes of at least 4 members (excludes halogenated alkanes) is 1. The first-order chi connectivity index (χ1) is 8.81. The predicted molar refractivity (Wildman–Crippen MR) is 66.3 cm³/mol. The van der Waals surface area contributed by atoms with Gasteiger partial charge in [-0.25, -0.2) is 0 Å². The third kappa shape index (κ3) is 5.07. The van der Waals surface area contributed by atoms with E-state index in [1.807, 2.05) is 0 Å². The Morgan fingerprint density at radius 3 is 2.47 bits per heavy atom. The van der Waals surface area contributed by atoms with Crippen LogP contribution in [0.4, 0.5) is 0 Å². The van der Waals surface area contributed by atoms with Gasteiger partial charge in [0.15, 0.2) is 5.82 Å². The van der Waals surface area contributed by atoms with Crippen molar-refractivity contribution in [3.8, 4) is 0 Å². The Bertz CT molecular complexity index is 454. The molecule has 2 N–H and O–H groups in total. The second kappa shape index (κ2) is 6.31. The Labute approximate surface area is 111 Å². The highest BCUT2D eigenvalue weighted by molar-refractivity contribution is 5.76. The van der Waals surface area contributed by atoms with Gasteiger partial charge in [0.1, 0.15) is 0 Å². The van der Waals surface area contributed by atoms with Crippen LogP contribution in [0.2, 0.25) is 0 Å². The number of aliphatic carboxylic acids is 1. The van der Waals surface area contributed by atoms with E-state index in [2.05, 4.69) is 15.5 Å². The van der Waals surface area contributed by atoms with Crippen molar-refractivity contribution in [1.29, 1.82) is 0 Å². The van der Waals surface area contributed by atoms with Gasteiger partial charge < -0.3 is 14.9 Å². The molecule has 1 aromatic heterocycles. The number of aryl methyl sites for hydroxylation is 1.